The van der Waals surface area contributed by atoms with Gasteiger partial charge < -0.3 is 14.6 Å². The maximum atomic E-state index is 8.81. The van der Waals surface area contributed by atoms with E-state index in [1.54, 1.807) is 11.8 Å². The molecule has 0 fully saturated rings. The monoisotopic (exact) mass is 338 g/mol. The molecule has 5 heteroatoms. The minimum absolute atomic E-state index is 0.00865. The topological polar surface area (TPSA) is 38.7 Å². The second-order valence-electron chi connectivity index (χ2n) is 4.55. The molecule has 0 heterocycles. The molecule has 0 saturated carbocycles. The molecule has 1 N–H and O–H groups in total. The van der Waals surface area contributed by atoms with Gasteiger partial charge in [0, 0.05) is 16.5 Å². The Morgan fingerprint density at radius 3 is 2.18 bits per heavy atom. The lowest BCUT2D eigenvalue weighted by molar-refractivity contribution is 0.194. The van der Waals surface area contributed by atoms with Crippen LogP contribution in [0, 0.1) is 0 Å². The summed E-state index contributed by atoms with van der Waals surface area (Å²) in [5.41, 5.74) is 1.25. The van der Waals surface area contributed by atoms with E-state index in [2.05, 4.69) is 0 Å². The van der Waals surface area contributed by atoms with E-state index in [-0.39, 0.29) is 13.2 Å². The highest BCUT2D eigenvalue weighted by Gasteiger charge is 2.03. The first kappa shape index (κ1) is 17.0. The van der Waals surface area contributed by atoms with Gasteiger partial charge >= 0.3 is 0 Å². The molecule has 0 bridgehead atoms. The Labute approximate surface area is 140 Å². The van der Waals surface area contributed by atoms with Crippen LogP contribution < -0.4 is 9.47 Å². The third-order valence-electron chi connectivity index (χ3n) is 2.87. The summed E-state index contributed by atoms with van der Waals surface area (Å²) in [7, 11) is 0. The molecule has 0 unspecified atom stereocenters. The Bertz CT molecular complexity index is 560. The third kappa shape index (κ3) is 5.79. The zero-order chi connectivity index (χ0) is 15.6. The van der Waals surface area contributed by atoms with Crippen LogP contribution in [0.5, 0.6) is 11.5 Å². The quantitative estimate of drug-likeness (QED) is 0.701. The number of thioether (sulfide) groups is 1. The highest BCUT2D eigenvalue weighted by Crippen LogP contribution is 2.26. The predicted octanol–water partition coefficient (Wildman–Crippen LogP) is 4.02. The molecule has 118 valence electrons. The SMILES string of the molecule is OCCOc1ccccc1OCCSCc1ccc(Cl)cc1. The van der Waals surface area contributed by atoms with Crippen molar-refractivity contribution < 1.29 is 14.6 Å². The maximum Gasteiger partial charge on any atom is 0.161 e. The molecule has 0 aliphatic rings. The fraction of sp³-hybridized carbons (Fsp3) is 0.294. The molecule has 2 aromatic carbocycles. The van der Waals surface area contributed by atoms with Crippen molar-refractivity contribution in [3.8, 4) is 11.5 Å². The Hall–Kier alpha value is -1.36. The number of aliphatic hydroxyl groups is 1. The van der Waals surface area contributed by atoms with Gasteiger partial charge in [-0.1, -0.05) is 35.9 Å². The first-order valence-electron chi connectivity index (χ1n) is 7.07. The number of para-hydroxylation sites is 2. The number of ether oxygens (including phenoxy) is 2. The average Bonchev–Trinajstić information content (AvgIpc) is 2.55. The van der Waals surface area contributed by atoms with Crippen molar-refractivity contribution >= 4 is 23.4 Å². The van der Waals surface area contributed by atoms with E-state index >= 15 is 0 Å². The lowest BCUT2D eigenvalue weighted by Gasteiger charge is -2.11. The summed E-state index contributed by atoms with van der Waals surface area (Å²) in [6.07, 6.45) is 0. The Balaban J connectivity index is 1.71. The van der Waals surface area contributed by atoms with Gasteiger partial charge in [-0.25, -0.2) is 0 Å². The second kappa shape index (κ2) is 9.62. The lowest BCUT2D eigenvalue weighted by Crippen LogP contribution is -2.05. The summed E-state index contributed by atoms with van der Waals surface area (Å²) >= 11 is 7.67. The molecule has 0 saturated heterocycles. The van der Waals surface area contributed by atoms with E-state index in [4.69, 9.17) is 26.2 Å². The van der Waals surface area contributed by atoms with Crippen LogP contribution >= 0.6 is 23.4 Å². The Kier molecular flexibility index (Phi) is 7.43. The van der Waals surface area contributed by atoms with Crippen molar-refractivity contribution in [1.29, 1.82) is 0 Å². The standard InChI is InChI=1S/C17H19ClO3S/c18-15-7-5-14(6-8-15)13-22-12-11-21-17-4-2-1-3-16(17)20-10-9-19/h1-8,19H,9-13H2. The molecule has 0 atom stereocenters. The van der Waals surface area contributed by atoms with Crippen molar-refractivity contribution in [3.63, 3.8) is 0 Å². The molecule has 22 heavy (non-hydrogen) atoms. The predicted molar refractivity (Wildman–Crippen MR) is 92.1 cm³/mol. The van der Waals surface area contributed by atoms with Gasteiger partial charge in [-0.2, -0.15) is 11.8 Å². The van der Waals surface area contributed by atoms with Gasteiger partial charge in [0.25, 0.3) is 0 Å². The largest absolute Gasteiger partial charge is 0.489 e. The van der Waals surface area contributed by atoms with Gasteiger partial charge in [0.15, 0.2) is 11.5 Å². The molecule has 2 rings (SSSR count). The summed E-state index contributed by atoms with van der Waals surface area (Å²) in [4.78, 5) is 0. The Morgan fingerprint density at radius 1 is 0.909 bits per heavy atom. The van der Waals surface area contributed by atoms with Gasteiger partial charge in [0.2, 0.25) is 0 Å². The molecule has 0 aliphatic heterocycles. The summed E-state index contributed by atoms with van der Waals surface area (Å²) in [6, 6.07) is 15.4. The number of halogens is 1. The minimum Gasteiger partial charge on any atom is -0.489 e. The average molecular weight is 339 g/mol. The number of hydrogen-bond acceptors (Lipinski definition) is 4. The molecular weight excluding hydrogens is 320 g/mol. The fourth-order valence-corrected chi connectivity index (χ4v) is 2.73. The van der Waals surface area contributed by atoms with Gasteiger partial charge in [-0.05, 0) is 29.8 Å². The van der Waals surface area contributed by atoms with E-state index in [0.29, 0.717) is 18.1 Å². The number of hydrogen-bond donors (Lipinski definition) is 1. The molecule has 0 spiro atoms. The van der Waals surface area contributed by atoms with Gasteiger partial charge in [0.05, 0.1) is 13.2 Å². The molecule has 0 radical (unpaired) electrons. The summed E-state index contributed by atoms with van der Waals surface area (Å²) in [6.45, 7) is 0.870. The van der Waals surface area contributed by atoms with Gasteiger partial charge in [0.1, 0.15) is 6.61 Å². The van der Waals surface area contributed by atoms with E-state index in [0.717, 1.165) is 16.5 Å². The highest BCUT2D eigenvalue weighted by atomic mass is 35.5. The van der Waals surface area contributed by atoms with Crippen LogP contribution in [0.3, 0.4) is 0 Å². The van der Waals surface area contributed by atoms with E-state index in [1.807, 2.05) is 48.5 Å². The number of aliphatic hydroxyl groups excluding tert-OH is 1. The zero-order valence-electron chi connectivity index (χ0n) is 12.2. The van der Waals surface area contributed by atoms with E-state index in [9.17, 15) is 0 Å². The smallest absolute Gasteiger partial charge is 0.161 e. The maximum absolute atomic E-state index is 8.81. The first-order valence-corrected chi connectivity index (χ1v) is 8.60. The van der Waals surface area contributed by atoms with Crippen LogP contribution in [-0.4, -0.2) is 30.7 Å². The molecule has 3 nitrogen and oxygen atoms in total. The van der Waals surface area contributed by atoms with E-state index in [1.165, 1.54) is 5.56 Å². The number of rotatable bonds is 9. The fourth-order valence-electron chi connectivity index (χ4n) is 1.83. The van der Waals surface area contributed by atoms with Crippen molar-refractivity contribution in [2.75, 3.05) is 25.6 Å². The molecular formula is C17H19ClO3S. The molecule has 0 amide bonds. The number of benzene rings is 2. The van der Waals surface area contributed by atoms with Crippen molar-refractivity contribution in [1.82, 2.24) is 0 Å². The van der Waals surface area contributed by atoms with Crippen LogP contribution in [-0.2, 0) is 5.75 Å². The Morgan fingerprint density at radius 2 is 1.55 bits per heavy atom. The molecule has 0 aliphatic carbocycles. The van der Waals surface area contributed by atoms with Crippen LogP contribution in [0.1, 0.15) is 5.56 Å². The minimum atomic E-state index is -0.00865. The van der Waals surface area contributed by atoms with Crippen molar-refractivity contribution in [2.45, 2.75) is 5.75 Å². The zero-order valence-corrected chi connectivity index (χ0v) is 13.8. The van der Waals surface area contributed by atoms with Crippen LogP contribution in [0.25, 0.3) is 0 Å². The summed E-state index contributed by atoms with van der Waals surface area (Å²) in [5, 5.41) is 9.57. The van der Waals surface area contributed by atoms with Crippen molar-refractivity contribution in [2.24, 2.45) is 0 Å². The molecule has 2 aromatic rings. The van der Waals surface area contributed by atoms with Crippen LogP contribution in [0.15, 0.2) is 48.5 Å². The second-order valence-corrected chi connectivity index (χ2v) is 6.09. The summed E-state index contributed by atoms with van der Waals surface area (Å²) in [5.74, 6) is 3.20. The van der Waals surface area contributed by atoms with E-state index < -0.39 is 0 Å². The van der Waals surface area contributed by atoms with Gasteiger partial charge in [-0.3, -0.25) is 0 Å². The van der Waals surface area contributed by atoms with Crippen LogP contribution in [0.4, 0.5) is 0 Å². The van der Waals surface area contributed by atoms with Crippen molar-refractivity contribution in [3.05, 3.63) is 59.1 Å². The lowest BCUT2D eigenvalue weighted by atomic mass is 10.2. The first-order chi connectivity index (χ1) is 10.8. The molecule has 0 aromatic heterocycles. The third-order valence-corrected chi connectivity index (χ3v) is 4.11. The van der Waals surface area contributed by atoms with Crippen LogP contribution in [0.2, 0.25) is 5.02 Å². The summed E-state index contributed by atoms with van der Waals surface area (Å²) < 4.78 is 11.2. The highest BCUT2D eigenvalue weighted by molar-refractivity contribution is 7.98. The van der Waals surface area contributed by atoms with Gasteiger partial charge in [-0.15, -0.1) is 0 Å². The normalized spacial score (nSPS) is 10.5.